The molecule has 0 N–H and O–H groups in total. The third-order valence-electron chi connectivity index (χ3n) is 3.41. The van der Waals surface area contributed by atoms with Gasteiger partial charge in [0.1, 0.15) is 9.79 Å². The monoisotopic (exact) mass is 472 g/mol. The minimum absolute atomic E-state index is 0.0147. The Bertz CT molecular complexity index is 1020. The molecule has 0 radical (unpaired) electrons. The zero-order valence-electron chi connectivity index (χ0n) is 13.1. The third kappa shape index (κ3) is 3.61. The molecule has 0 unspecified atom stereocenters. The highest BCUT2D eigenvalue weighted by Gasteiger charge is 2.27. The molecule has 1 aliphatic rings. The molecule has 0 fully saturated rings. The van der Waals surface area contributed by atoms with Gasteiger partial charge in [0, 0.05) is 19.6 Å². The number of benzene rings is 2. The highest BCUT2D eigenvalue weighted by atomic mass is 35.5. The van der Waals surface area contributed by atoms with Gasteiger partial charge in [-0.15, -0.1) is 0 Å². The van der Waals surface area contributed by atoms with E-state index in [1.807, 2.05) is 0 Å². The summed E-state index contributed by atoms with van der Waals surface area (Å²) in [5, 5.41) is 0.0294. The molecule has 26 heavy (non-hydrogen) atoms. The summed E-state index contributed by atoms with van der Waals surface area (Å²) < 4.78 is 56.9. The lowest BCUT2D eigenvalue weighted by atomic mass is 10.3. The van der Waals surface area contributed by atoms with Crippen LogP contribution < -0.4 is 0 Å². The zero-order valence-corrected chi connectivity index (χ0v) is 17.9. The van der Waals surface area contributed by atoms with Crippen LogP contribution in [-0.4, -0.2) is 31.1 Å². The molecule has 2 aromatic rings. The van der Waals surface area contributed by atoms with Gasteiger partial charge in [-0.2, -0.15) is 16.8 Å². The van der Waals surface area contributed by atoms with Gasteiger partial charge >= 0.3 is 0 Å². The van der Waals surface area contributed by atoms with Crippen LogP contribution in [0.15, 0.2) is 53.6 Å². The SMILES string of the molecule is COS(=O)(=O)c1cc2c(cc1Cl)Sc1cc(S(=O)(=O)OC)c(Cl)cc1S2. The summed E-state index contributed by atoms with van der Waals surface area (Å²) in [6, 6.07) is 5.85. The summed E-state index contributed by atoms with van der Waals surface area (Å²) in [6.07, 6.45) is 0. The van der Waals surface area contributed by atoms with Crippen LogP contribution in [0.2, 0.25) is 10.0 Å². The Morgan fingerprint density at radius 3 is 1.31 bits per heavy atom. The standard InChI is InChI=1S/C14H10Cl2O6S4/c1-21-25(17,18)13-5-11-9(3-7(13)15)24-12-6-14(26(19,20)22-2)8(16)4-10(12)23-11/h3-6H,1-2H3. The van der Waals surface area contributed by atoms with E-state index in [1.165, 1.54) is 47.8 Å². The molecule has 0 saturated carbocycles. The molecule has 12 heteroatoms. The van der Waals surface area contributed by atoms with Gasteiger partial charge in [-0.1, -0.05) is 46.7 Å². The predicted octanol–water partition coefficient (Wildman–Crippen LogP) is 4.28. The van der Waals surface area contributed by atoms with Crippen molar-refractivity contribution in [2.24, 2.45) is 0 Å². The number of halogens is 2. The predicted molar refractivity (Wildman–Crippen MR) is 99.5 cm³/mol. The summed E-state index contributed by atoms with van der Waals surface area (Å²) >= 11 is 14.7. The Morgan fingerprint density at radius 1 is 0.692 bits per heavy atom. The summed E-state index contributed by atoms with van der Waals surface area (Å²) in [7, 11) is -5.80. The highest BCUT2D eigenvalue weighted by Crippen LogP contribution is 2.51. The van der Waals surface area contributed by atoms with E-state index in [0.717, 1.165) is 14.2 Å². The van der Waals surface area contributed by atoms with Crippen LogP contribution in [0.3, 0.4) is 0 Å². The van der Waals surface area contributed by atoms with E-state index < -0.39 is 20.2 Å². The first kappa shape index (κ1) is 20.3. The molecule has 140 valence electrons. The van der Waals surface area contributed by atoms with Crippen LogP contribution in [-0.2, 0) is 28.6 Å². The number of rotatable bonds is 4. The van der Waals surface area contributed by atoms with Crippen molar-refractivity contribution in [3.05, 3.63) is 34.3 Å². The molecule has 0 bridgehead atoms. The summed E-state index contributed by atoms with van der Waals surface area (Å²) in [5.41, 5.74) is 0. The molecule has 0 saturated heterocycles. The largest absolute Gasteiger partial charge is 0.298 e. The second kappa shape index (κ2) is 7.17. The molecule has 0 aliphatic carbocycles. The van der Waals surface area contributed by atoms with Crippen LogP contribution in [0.25, 0.3) is 0 Å². The van der Waals surface area contributed by atoms with Gasteiger partial charge < -0.3 is 0 Å². The van der Waals surface area contributed by atoms with E-state index >= 15 is 0 Å². The van der Waals surface area contributed by atoms with Crippen LogP contribution in [0, 0.1) is 0 Å². The minimum atomic E-state index is -3.95. The van der Waals surface area contributed by atoms with Gasteiger partial charge in [-0.25, -0.2) is 0 Å². The Balaban J connectivity index is 2.12. The van der Waals surface area contributed by atoms with Gasteiger partial charge in [0.2, 0.25) is 0 Å². The first-order chi connectivity index (χ1) is 12.1. The second-order valence-electron chi connectivity index (χ2n) is 4.90. The van der Waals surface area contributed by atoms with Crippen molar-refractivity contribution < 1.29 is 25.2 Å². The topological polar surface area (TPSA) is 86.7 Å². The molecule has 1 heterocycles. The Hall–Kier alpha value is -0.460. The third-order valence-corrected chi connectivity index (χ3v) is 9.38. The van der Waals surface area contributed by atoms with Gasteiger partial charge in [-0.3, -0.25) is 8.37 Å². The van der Waals surface area contributed by atoms with Crippen LogP contribution >= 0.6 is 46.7 Å². The van der Waals surface area contributed by atoms with E-state index in [4.69, 9.17) is 23.2 Å². The smallest absolute Gasteiger partial charge is 0.270 e. The van der Waals surface area contributed by atoms with E-state index in [9.17, 15) is 16.8 Å². The fourth-order valence-corrected chi connectivity index (χ4v) is 7.12. The summed E-state index contributed by atoms with van der Waals surface area (Å²) in [6.45, 7) is 0. The lowest BCUT2D eigenvalue weighted by molar-refractivity contribution is 0.396. The quantitative estimate of drug-likeness (QED) is 0.519. The van der Waals surface area contributed by atoms with Crippen molar-refractivity contribution in [2.75, 3.05) is 14.2 Å². The Morgan fingerprint density at radius 2 is 1.00 bits per heavy atom. The molecule has 0 amide bonds. The number of hydrogen-bond acceptors (Lipinski definition) is 8. The van der Waals surface area contributed by atoms with Crippen LogP contribution in [0.4, 0.5) is 0 Å². The lowest BCUT2D eigenvalue weighted by Gasteiger charge is -2.20. The Kier molecular flexibility index (Phi) is 5.59. The first-order valence-electron chi connectivity index (χ1n) is 6.73. The van der Waals surface area contributed by atoms with Crippen LogP contribution in [0.1, 0.15) is 0 Å². The normalized spacial score (nSPS) is 14.0. The van der Waals surface area contributed by atoms with Gasteiger partial charge in [0.05, 0.1) is 24.3 Å². The van der Waals surface area contributed by atoms with Gasteiger partial charge in [0.15, 0.2) is 0 Å². The van der Waals surface area contributed by atoms with E-state index in [0.29, 0.717) is 19.6 Å². The van der Waals surface area contributed by atoms with Gasteiger partial charge in [-0.05, 0) is 24.3 Å². The van der Waals surface area contributed by atoms with Crippen molar-refractivity contribution in [1.29, 1.82) is 0 Å². The minimum Gasteiger partial charge on any atom is -0.270 e. The average molecular weight is 473 g/mol. The van der Waals surface area contributed by atoms with Gasteiger partial charge in [0.25, 0.3) is 20.2 Å². The molecule has 6 nitrogen and oxygen atoms in total. The van der Waals surface area contributed by atoms with Crippen molar-refractivity contribution in [3.8, 4) is 0 Å². The number of fused-ring (bicyclic) bond motifs is 2. The second-order valence-corrected chi connectivity index (χ2v) is 11.2. The van der Waals surface area contributed by atoms with E-state index in [-0.39, 0.29) is 19.8 Å². The lowest BCUT2D eigenvalue weighted by Crippen LogP contribution is -2.06. The first-order valence-corrected chi connectivity index (χ1v) is 11.9. The zero-order chi connectivity index (χ0) is 19.3. The van der Waals surface area contributed by atoms with Crippen molar-refractivity contribution >= 4 is 67.0 Å². The molecular formula is C14H10Cl2O6S4. The maximum atomic E-state index is 12.0. The molecule has 0 atom stereocenters. The summed E-state index contributed by atoms with van der Waals surface area (Å²) in [5.74, 6) is 0. The van der Waals surface area contributed by atoms with E-state index in [2.05, 4.69) is 8.37 Å². The molecule has 1 aliphatic heterocycles. The Labute approximate surface area is 169 Å². The average Bonchev–Trinajstić information content (AvgIpc) is 2.59. The molecule has 0 spiro atoms. The highest BCUT2D eigenvalue weighted by molar-refractivity contribution is 8.05. The van der Waals surface area contributed by atoms with Crippen molar-refractivity contribution in [3.63, 3.8) is 0 Å². The maximum absolute atomic E-state index is 12.0. The van der Waals surface area contributed by atoms with Crippen molar-refractivity contribution in [1.82, 2.24) is 0 Å². The van der Waals surface area contributed by atoms with Crippen molar-refractivity contribution in [2.45, 2.75) is 29.4 Å². The summed E-state index contributed by atoms with van der Waals surface area (Å²) in [4.78, 5) is 2.38. The molecule has 0 aromatic heterocycles. The fourth-order valence-electron chi connectivity index (χ4n) is 2.15. The maximum Gasteiger partial charge on any atom is 0.298 e. The van der Waals surface area contributed by atoms with E-state index in [1.54, 1.807) is 0 Å². The van der Waals surface area contributed by atoms with Crippen LogP contribution in [0.5, 0.6) is 0 Å². The number of hydrogen-bond donors (Lipinski definition) is 0. The molecule has 2 aromatic carbocycles. The fraction of sp³-hybridized carbons (Fsp3) is 0.143. The molecule has 3 rings (SSSR count). The molecular weight excluding hydrogens is 463 g/mol.